The number of nitro groups is 1. The molecule has 0 radical (unpaired) electrons. The molecule has 0 saturated heterocycles. The zero-order valence-corrected chi connectivity index (χ0v) is 19.5. The highest BCUT2D eigenvalue weighted by Gasteiger charge is 2.20. The molecule has 1 N–H and O–H groups in total. The molecule has 0 aliphatic heterocycles. The van der Waals surface area contributed by atoms with E-state index in [4.69, 9.17) is 21.1 Å². The molecule has 0 atom stereocenters. The van der Waals surface area contributed by atoms with Crippen LogP contribution in [-0.2, 0) is 6.61 Å². The lowest BCUT2D eigenvalue weighted by molar-refractivity contribution is -0.385. The Morgan fingerprint density at radius 1 is 1.14 bits per heavy atom. The van der Waals surface area contributed by atoms with Gasteiger partial charge >= 0.3 is 5.69 Å². The highest BCUT2D eigenvalue weighted by atomic mass is 35.5. The number of aromatic nitrogens is 1. The number of pyridine rings is 1. The maximum atomic E-state index is 13.9. The summed E-state index contributed by atoms with van der Waals surface area (Å²) in [6.45, 7) is 1.77. The van der Waals surface area contributed by atoms with E-state index in [1.165, 1.54) is 36.5 Å². The van der Waals surface area contributed by atoms with E-state index in [0.29, 0.717) is 22.3 Å². The molecule has 0 fully saturated rings. The largest absolute Gasteiger partial charge is 0.487 e. The first kappa shape index (κ1) is 24.6. The zero-order chi connectivity index (χ0) is 25.8. The van der Waals surface area contributed by atoms with Crippen molar-refractivity contribution in [3.8, 4) is 17.6 Å². The van der Waals surface area contributed by atoms with Crippen LogP contribution >= 0.6 is 11.6 Å². The van der Waals surface area contributed by atoms with Crippen molar-refractivity contribution in [2.45, 2.75) is 13.5 Å². The molecule has 0 amide bonds. The van der Waals surface area contributed by atoms with Crippen LogP contribution in [0, 0.1) is 33.1 Å². The van der Waals surface area contributed by atoms with E-state index >= 15 is 0 Å². The maximum Gasteiger partial charge on any atom is 0.311 e. The van der Waals surface area contributed by atoms with Gasteiger partial charge in [0.15, 0.2) is 5.75 Å². The molecule has 36 heavy (non-hydrogen) atoms. The highest BCUT2D eigenvalue weighted by Crippen LogP contribution is 2.38. The average molecular weight is 511 g/mol. The fourth-order valence-electron chi connectivity index (χ4n) is 3.48. The summed E-state index contributed by atoms with van der Waals surface area (Å²) in [5, 5.41) is 24.8. The first-order valence-electron chi connectivity index (χ1n) is 10.6. The van der Waals surface area contributed by atoms with Crippen LogP contribution in [0.5, 0.6) is 11.5 Å². The third-order valence-corrected chi connectivity index (χ3v) is 5.46. The van der Waals surface area contributed by atoms with Gasteiger partial charge in [0.25, 0.3) is 0 Å². The number of nitrogens with one attached hydrogen (secondary N) is 1. The summed E-state index contributed by atoms with van der Waals surface area (Å²) in [7, 11) is 0. The highest BCUT2D eigenvalue weighted by molar-refractivity contribution is 6.32. The van der Waals surface area contributed by atoms with Gasteiger partial charge in [0, 0.05) is 41.0 Å². The first-order valence-corrected chi connectivity index (χ1v) is 11.0. The quantitative estimate of drug-likeness (QED) is 0.208. The van der Waals surface area contributed by atoms with Gasteiger partial charge in [0.05, 0.1) is 33.3 Å². The Hall–Kier alpha value is -4.49. The van der Waals surface area contributed by atoms with Gasteiger partial charge in [-0.1, -0.05) is 11.6 Å². The van der Waals surface area contributed by atoms with Crippen molar-refractivity contribution in [2.24, 2.45) is 0 Å². The number of rotatable bonds is 8. The summed E-state index contributed by atoms with van der Waals surface area (Å²) in [5.74, 6) is -1.10. The van der Waals surface area contributed by atoms with Gasteiger partial charge < -0.3 is 14.8 Å². The number of hydrogen-bond donors (Lipinski definition) is 1. The Morgan fingerprint density at radius 2 is 1.94 bits per heavy atom. The Kier molecular flexibility index (Phi) is 7.12. The Morgan fingerprint density at radius 3 is 2.61 bits per heavy atom. The van der Waals surface area contributed by atoms with E-state index in [-0.39, 0.29) is 46.5 Å². The number of nitrogens with zero attached hydrogens (tertiary/aromatic N) is 3. The molecule has 3 aromatic carbocycles. The van der Waals surface area contributed by atoms with E-state index in [1.54, 1.807) is 13.0 Å². The lowest BCUT2D eigenvalue weighted by Crippen LogP contribution is -2.02. The second-order valence-electron chi connectivity index (χ2n) is 7.48. The summed E-state index contributed by atoms with van der Waals surface area (Å²) in [6, 6.07) is 12.6. The minimum absolute atomic E-state index is 0.0697. The average Bonchev–Trinajstić information content (AvgIpc) is 2.84. The van der Waals surface area contributed by atoms with Gasteiger partial charge in [-0.05, 0) is 37.3 Å². The maximum absolute atomic E-state index is 13.9. The van der Waals surface area contributed by atoms with Gasteiger partial charge in [0.1, 0.15) is 30.1 Å². The second kappa shape index (κ2) is 10.4. The summed E-state index contributed by atoms with van der Waals surface area (Å²) < 4.78 is 37.9. The van der Waals surface area contributed by atoms with Crippen LogP contribution < -0.4 is 14.8 Å². The van der Waals surface area contributed by atoms with Gasteiger partial charge in [-0.2, -0.15) is 5.26 Å². The molecule has 8 nitrogen and oxygen atoms in total. The summed E-state index contributed by atoms with van der Waals surface area (Å²) >= 11 is 6.34. The number of hydrogen-bond acceptors (Lipinski definition) is 7. The van der Waals surface area contributed by atoms with E-state index in [0.717, 1.165) is 12.1 Å². The molecule has 0 aliphatic rings. The smallest absolute Gasteiger partial charge is 0.311 e. The lowest BCUT2D eigenvalue weighted by atomic mass is 10.1. The molecule has 0 spiro atoms. The third kappa shape index (κ3) is 5.11. The molecule has 182 valence electrons. The standard InChI is InChI=1S/C25H17ClF2N4O4/c1-2-35-24-10-21-18(9-22(24)32(33)34)25(15(11-29)12-30-21)31-17-5-6-23(19(26)8-17)36-13-14-3-4-16(27)7-20(14)28/h3-10,12H,2,13H2,1H3,(H,30,31). The van der Waals surface area contributed by atoms with Crippen molar-refractivity contribution in [1.82, 2.24) is 4.98 Å². The number of anilines is 2. The summed E-state index contributed by atoms with van der Waals surface area (Å²) in [6.07, 6.45) is 1.35. The Bertz CT molecular complexity index is 1520. The molecule has 1 heterocycles. The van der Waals surface area contributed by atoms with E-state index in [1.807, 2.05) is 6.07 Å². The number of fused-ring (bicyclic) bond motifs is 1. The SMILES string of the molecule is CCOc1cc2ncc(C#N)c(Nc3ccc(OCc4ccc(F)cc4F)c(Cl)c3)c2cc1[N+](=O)[O-]. The van der Waals surface area contributed by atoms with Gasteiger partial charge in [0.2, 0.25) is 0 Å². The number of nitro benzene ring substituents is 1. The molecule has 0 aliphatic carbocycles. The molecule has 0 bridgehead atoms. The molecule has 4 rings (SSSR count). The molecule has 4 aromatic rings. The minimum Gasteiger partial charge on any atom is -0.487 e. The van der Waals surface area contributed by atoms with Crippen molar-refractivity contribution in [3.63, 3.8) is 0 Å². The molecule has 1 aromatic heterocycles. The first-order chi connectivity index (χ1) is 17.3. The lowest BCUT2D eigenvalue weighted by Gasteiger charge is -2.14. The second-order valence-corrected chi connectivity index (χ2v) is 7.89. The van der Waals surface area contributed by atoms with E-state index in [2.05, 4.69) is 10.3 Å². The van der Waals surface area contributed by atoms with Crippen LogP contribution in [0.15, 0.2) is 54.7 Å². The fraction of sp³-hybridized carbons (Fsp3) is 0.120. The monoisotopic (exact) mass is 510 g/mol. The van der Waals surface area contributed by atoms with Crippen LogP contribution in [-0.4, -0.2) is 16.5 Å². The van der Waals surface area contributed by atoms with Gasteiger partial charge in [-0.3, -0.25) is 15.1 Å². The predicted octanol–water partition coefficient (Wildman–Crippen LogP) is 6.67. The third-order valence-electron chi connectivity index (χ3n) is 5.17. The van der Waals surface area contributed by atoms with Crippen molar-refractivity contribution < 1.29 is 23.2 Å². The minimum atomic E-state index is -0.736. The van der Waals surface area contributed by atoms with E-state index in [9.17, 15) is 24.2 Å². The van der Waals surface area contributed by atoms with Gasteiger partial charge in [-0.15, -0.1) is 0 Å². The molecule has 11 heteroatoms. The van der Waals surface area contributed by atoms with Crippen LogP contribution in [0.4, 0.5) is 25.8 Å². The summed E-state index contributed by atoms with van der Waals surface area (Å²) in [5.41, 5.74) is 1.19. The zero-order valence-electron chi connectivity index (χ0n) is 18.7. The Balaban J connectivity index is 1.65. The van der Waals surface area contributed by atoms with Crippen molar-refractivity contribution in [1.29, 1.82) is 5.26 Å². The van der Waals surface area contributed by atoms with Crippen LogP contribution in [0.2, 0.25) is 5.02 Å². The molecular weight excluding hydrogens is 494 g/mol. The van der Waals surface area contributed by atoms with Crippen LogP contribution in [0.3, 0.4) is 0 Å². The number of nitriles is 1. The van der Waals surface area contributed by atoms with Crippen LogP contribution in [0.25, 0.3) is 10.9 Å². The van der Waals surface area contributed by atoms with Gasteiger partial charge in [-0.25, -0.2) is 8.78 Å². The summed E-state index contributed by atoms with van der Waals surface area (Å²) in [4.78, 5) is 15.3. The normalized spacial score (nSPS) is 10.6. The number of benzene rings is 3. The molecule has 0 saturated carbocycles. The topological polar surface area (TPSA) is 110 Å². The Labute approximate surface area is 208 Å². The van der Waals surface area contributed by atoms with E-state index < -0.39 is 16.6 Å². The van der Waals surface area contributed by atoms with Crippen LogP contribution in [0.1, 0.15) is 18.1 Å². The fourth-order valence-corrected chi connectivity index (χ4v) is 3.71. The van der Waals surface area contributed by atoms with Crippen molar-refractivity contribution >= 4 is 39.6 Å². The predicted molar refractivity (Wildman–Crippen MR) is 130 cm³/mol. The molecular formula is C25H17ClF2N4O4. The van der Waals surface area contributed by atoms with Crippen molar-refractivity contribution in [3.05, 3.63) is 92.6 Å². The number of ether oxygens (including phenoxy) is 2. The van der Waals surface area contributed by atoms with Crippen molar-refractivity contribution in [2.75, 3.05) is 11.9 Å². The molecule has 0 unspecified atom stereocenters. The number of halogens is 3.